The third-order valence-corrected chi connectivity index (χ3v) is 5.34. The van der Waals surface area contributed by atoms with E-state index in [1.54, 1.807) is 0 Å². The first-order valence-corrected chi connectivity index (χ1v) is 9.19. The molecule has 0 aliphatic carbocycles. The molecule has 0 fully saturated rings. The van der Waals surface area contributed by atoms with Crippen LogP contribution in [0.15, 0.2) is 71.9 Å². The molecule has 0 N–H and O–H groups in total. The van der Waals surface area contributed by atoms with Crippen molar-refractivity contribution in [2.24, 2.45) is 0 Å². The molecule has 0 saturated heterocycles. The number of hydrogen-bond donors (Lipinski definition) is 0. The third-order valence-electron chi connectivity index (χ3n) is 4.06. The Hall–Kier alpha value is -1.87. The molecule has 125 valence electrons. The van der Waals surface area contributed by atoms with Crippen molar-refractivity contribution >= 4 is 11.8 Å². The van der Waals surface area contributed by atoms with Crippen LogP contribution in [0.5, 0.6) is 0 Å². The van der Waals surface area contributed by atoms with Gasteiger partial charge in [0.2, 0.25) is 0 Å². The zero-order valence-electron chi connectivity index (χ0n) is 14.8. The maximum atomic E-state index is 2.30. The Morgan fingerprint density at radius 2 is 1.54 bits per heavy atom. The quantitative estimate of drug-likeness (QED) is 0.652. The molecule has 1 atom stereocenters. The summed E-state index contributed by atoms with van der Waals surface area (Å²) in [6.07, 6.45) is 4.33. The van der Waals surface area contributed by atoms with Gasteiger partial charge in [0.05, 0.1) is 0 Å². The van der Waals surface area contributed by atoms with Crippen LogP contribution in [-0.2, 0) is 0 Å². The monoisotopic (exact) mass is 337 g/mol. The number of thioether (sulfide) groups is 1. The Labute approximate surface area is 150 Å². The van der Waals surface area contributed by atoms with Crippen molar-refractivity contribution in [3.05, 3.63) is 84.8 Å². The van der Waals surface area contributed by atoms with Crippen LogP contribution >= 0.6 is 11.8 Å². The summed E-state index contributed by atoms with van der Waals surface area (Å²) >= 11 is 1.88. The van der Waals surface area contributed by atoms with Crippen molar-refractivity contribution < 1.29 is 0 Å². The highest BCUT2D eigenvalue weighted by atomic mass is 32.2. The van der Waals surface area contributed by atoms with Gasteiger partial charge < -0.3 is 9.80 Å². The molecule has 0 aromatic heterocycles. The minimum Gasteiger partial charge on any atom is -0.348 e. The molecule has 0 amide bonds. The van der Waals surface area contributed by atoms with Gasteiger partial charge in [-0.15, -0.1) is 0 Å². The van der Waals surface area contributed by atoms with E-state index in [-0.39, 0.29) is 10.9 Å². The zero-order chi connectivity index (χ0) is 17.2. The summed E-state index contributed by atoms with van der Waals surface area (Å²) in [7, 11) is 0. The number of nitrogens with zero attached hydrogens (tertiary/aromatic N) is 2. The molecular weight excluding hydrogens is 312 g/mol. The molecule has 3 heteroatoms. The largest absolute Gasteiger partial charge is 0.348 e. The SMILES string of the molecule is Cc1ccc(SC(c2ccccc2)N2[CH]N(C(C)(C)C)C=C2)cc1. The van der Waals surface area contributed by atoms with Gasteiger partial charge in [0.15, 0.2) is 0 Å². The Morgan fingerprint density at radius 1 is 0.875 bits per heavy atom. The summed E-state index contributed by atoms with van der Waals surface area (Å²) < 4.78 is 0. The van der Waals surface area contributed by atoms with Gasteiger partial charge in [-0.3, -0.25) is 0 Å². The van der Waals surface area contributed by atoms with Gasteiger partial charge in [-0.05, 0) is 45.4 Å². The molecule has 1 radical (unpaired) electrons. The van der Waals surface area contributed by atoms with Crippen molar-refractivity contribution in [1.82, 2.24) is 9.80 Å². The molecule has 1 unspecified atom stereocenters. The molecule has 0 spiro atoms. The predicted octanol–water partition coefficient (Wildman–Crippen LogP) is 5.79. The molecule has 2 aromatic carbocycles. The summed E-state index contributed by atoms with van der Waals surface area (Å²) in [4.78, 5) is 5.84. The highest BCUT2D eigenvalue weighted by Gasteiger charge is 2.29. The number of hydrogen-bond acceptors (Lipinski definition) is 3. The van der Waals surface area contributed by atoms with Gasteiger partial charge in [0.25, 0.3) is 0 Å². The van der Waals surface area contributed by atoms with Crippen LogP contribution < -0.4 is 0 Å². The lowest BCUT2D eigenvalue weighted by Gasteiger charge is -2.35. The van der Waals surface area contributed by atoms with Crippen molar-refractivity contribution in [2.75, 3.05) is 0 Å². The van der Waals surface area contributed by atoms with Gasteiger partial charge in [0, 0.05) is 22.8 Å². The molecule has 0 bridgehead atoms. The van der Waals surface area contributed by atoms with E-state index >= 15 is 0 Å². The van der Waals surface area contributed by atoms with Crippen LogP contribution in [-0.4, -0.2) is 15.3 Å². The van der Waals surface area contributed by atoms with E-state index in [0.717, 1.165) is 0 Å². The molecule has 24 heavy (non-hydrogen) atoms. The van der Waals surface area contributed by atoms with Gasteiger partial charge in [-0.25, -0.2) is 0 Å². The summed E-state index contributed by atoms with van der Waals surface area (Å²) in [6.45, 7) is 11.0. The fraction of sp³-hybridized carbons (Fsp3) is 0.286. The molecule has 1 aliphatic heterocycles. The summed E-state index contributed by atoms with van der Waals surface area (Å²) in [6, 6.07) is 19.5. The van der Waals surface area contributed by atoms with E-state index in [1.165, 1.54) is 16.0 Å². The fourth-order valence-electron chi connectivity index (χ4n) is 2.57. The second-order valence-electron chi connectivity index (χ2n) is 7.13. The van der Waals surface area contributed by atoms with Crippen LogP contribution in [0.4, 0.5) is 0 Å². The van der Waals surface area contributed by atoms with Crippen LogP contribution in [0, 0.1) is 13.6 Å². The maximum absolute atomic E-state index is 2.30. The van der Waals surface area contributed by atoms with E-state index in [0.29, 0.717) is 0 Å². The standard InChI is InChI=1S/C21H25N2S/c1-17-10-12-19(13-11-17)24-20(18-8-6-5-7-9-18)22-14-15-23(16-22)21(2,3)4/h5-16,20H,1-4H3. The van der Waals surface area contributed by atoms with E-state index in [4.69, 9.17) is 0 Å². The normalized spacial score (nSPS) is 15.8. The maximum Gasteiger partial charge on any atom is 0.143 e. The average molecular weight is 338 g/mol. The van der Waals surface area contributed by atoms with Crippen molar-refractivity contribution in [1.29, 1.82) is 0 Å². The van der Waals surface area contributed by atoms with Crippen LogP contribution in [0.2, 0.25) is 0 Å². The minimum atomic E-state index is 0.0843. The van der Waals surface area contributed by atoms with Crippen molar-refractivity contribution in [3.8, 4) is 0 Å². The van der Waals surface area contributed by atoms with Crippen LogP contribution in [0.25, 0.3) is 0 Å². The fourth-order valence-corrected chi connectivity index (χ4v) is 3.66. The van der Waals surface area contributed by atoms with E-state index in [2.05, 4.69) is 111 Å². The lowest BCUT2D eigenvalue weighted by molar-refractivity contribution is 0.213. The summed E-state index contributed by atoms with van der Waals surface area (Å²) in [5.74, 6) is 0. The van der Waals surface area contributed by atoms with Crippen LogP contribution in [0.3, 0.4) is 0 Å². The molecular formula is C21H25N2S. The first-order valence-electron chi connectivity index (χ1n) is 8.31. The predicted molar refractivity (Wildman–Crippen MR) is 103 cm³/mol. The van der Waals surface area contributed by atoms with Gasteiger partial charge in [-0.1, -0.05) is 59.8 Å². The first-order chi connectivity index (χ1) is 11.4. The summed E-state index contributed by atoms with van der Waals surface area (Å²) in [5.41, 5.74) is 2.68. The molecule has 0 saturated carbocycles. The Bertz CT molecular complexity index is 686. The van der Waals surface area contributed by atoms with E-state index in [1.807, 2.05) is 11.8 Å². The average Bonchev–Trinajstić information content (AvgIpc) is 3.05. The molecule has 2 aromatic rings. The van der Waals surface area contributed by atoms with Crippen molar-refractivity contribution in [3.63, 3.8) is 0 Å². The topological polar surface area (TPSA) is 6.48 Å². The Morgan fingerprint density at radius 3 is 2.12 bits per heavy atom. The number of rotatable bonds is 4. The molecule has 1 heterocycles. The Balaban J connectivity index is 1.84. The zero-order valence-corrected chi connectivity index (χ0v) is 15.6. The van der Waals surface area contributed by atoms with E-state index in [9.17, 15) is 0 Å². The first kappa shape index (κ1) is 17.0. The number of benzene rings is 2. The smallest absolute Gasteiger partial charge is 0.143 e. The lowest BCUT2D eigenvalue weighted by Crippen LogP contribution is -2.36. The van der Waals surface area contributed by atoms with E-state index < -0.39 is 0 Å². The Kier molecular flexibility index (Phi) is 4.91. The van der Waals surface area contributed by atoms with Gasteiger partial charge in [-0.2, -0.15) is 0 Å². The molecule has 2 nitrogen and oxygen atoms in total. The molecule has 3 rings (SSSR count). The highest BCUT2D eigenvalue weighted by molar-refractivity contribution is 7.99. The second kappa shape index (κ2) is 6.94. The van der Waals surface area contributed by atoms with Crippen LogP contribution in [0.1, 0.15) is 37.3 Å². The highest BCUT2D eigenvalue weighted by Crippen LogP contribution is 2.41. The number of aryl methyl sites for hydroxylation is 1. The molecule has 1 aliphatic rings. The summed E-state index contributed by atoms with van der Waals surface area (Å²) in [5, 5.41) is 0.220. The second-order valence-corrected chi connectivity index (χ2v) is 8.29. The van der Waals surface area contributed by atoms with Gasteiger partial charge >= 0.3 is 0 Å². The van der Waals surface area contributed by atoms with Gasteiger partial charge in [0.1, 0.15) is 12.0 Å². The third kappa shape index (κ3) is 3.96. The van der Waals surface area contributed by atoms with Crippen molar-refractivity contribution in [2.45, 2.75) is 43.5 Å². The lowest BCUT2D eigenvalue weighted by atomic mass is 10.1. The minimum absolute atomic E-state index is 0.0843.